The van der Waals surface area contributed by atoms with Crippen molar-refractivity contribution in [3.63, 3.8) is 0 Å². The molecule has 1 aromatic carbocycles. The fraction of sp³-hybridized carbons (Fsp3) is 0.667. The summed E-state index contributed by atoms with van der Waals surface area (Å²) in [6, 6.07) is 9.41. The lowest BCUT2D eigenvalue weighted by molar-refractivity contribution is 0.182. The van der Waals surface area contributed by atoms with Crippen molar-refractivity contribution in [2.24, 2.45) is 5.92 Å². The van der Waals surface area contributed by atoms with Gasteiger partial charge in [-0.05, 0) is 59.7 Å². The van der Waals surface area contributed by atoms with Gasteiger partial charge in [-0.15, -0.1) is 0 Å². The summed E-state index contributed by atoms with van der Waals surface area (Å²) in [7, 11) is 2.22. The number of aryl methyl sites for hydroxylation is 1. The minimum absolute atomic E-state index is 0.198. The molecule has 2 nitrogen and oxygen atoms in total. The normalized spacial score (nSPS) is 15.4. The van der Waals surface area contributed by atoms with Crippen LogP contribution in [0.15, 0.2) is 24.3 Å². The summed E-state index contributed by atoms with van der Waals surface area (Å²) >= 11 is 0. The number of benzene rings is 1. The molecule has 0 radical (unpaired) electrons. The molecule has 0 spiro atoms. The molecule has 2 unspecified atom stereocenters. The topological polar surface area (TPSA) is 15.3 Å². The number of hydrogen-bond donors (Lipinski definition) is 1. The van der Waals surface area contributed by atoms with Gasteiger partial charge in [0.2, 0.25) is 0 Å². The van der Waals surface area contributed by atoms with Crippen molar-refractivity contribution < 1.29 is 0 Å². The molecule has 1 N–H and O–H groups in total. The molecule has 2 heteroatoms. The Morgan fingerprint density at radius 3 is 2.15 bits per heavy atom. The maximum Gasteiger partial charge on any atom is 0.0233 e. The minimum atomic E-state index is 0.198. The third-order valence-corrected chi connectivity index (χ3v) is 4.03. The minimum Gasteiger partial charge on any atom is -0.312 e. The van der Waals surface area contributed by atoms with Crippen LogP contribution < -0.4 is 5.32 Å². The van der Waals surface area contributed by atoms with Crippen molar-refractivity contribution in [2.75, 3.05) is 13.6 Å². The highest BCUT2D eigenvalue weighted by molar-refractivity contribution is 5.21. The summed E-state index contributed by atoms with van der Waals surface area (Å²) < 4.78 is 0. The van der Waals surface area contributed by atoms with Crippen LogP contribution in [0.1, 0.15) is 45.7 Å². The van der Waals surface area contributed by atoms with E-state index in [9.17, 15) is 0 Å². The molecule has 0 fully saturated rings. The predicted octanol–water partition coefficient (Wildman–Crippen LogP) is 3.84. The molecule has 20 heavy (non-hydrogen) atoms. The van der Waals surface area contributed by atoms with Crippen molar-refractivity contribution in [1.29, 1.82) is 0 Å². The Kier molecular flexibility index (Phi) is 6.22. The first-order chi connectivity index (χ1) is 9.19. The first kappa shape index (κ1) is 17.2. The maximum atomic E-state index is 3.60. The first-order valence-electron chi connectivity index (χ1n) is 7.70. The second kappa shape index (κ2) is 7.24. The molecule has 0 aliphatic rings. The highest BCUT2D eigenvalue weighted by Crippen LogP contribution is 2.14. The van der Waals surface area contributed by atoms with Gasteiger partial charge in [-0.2, -0.15) is 0 Å². The molecular weight excluding hydrogens is 244 g/mol. The van der Waals surface area contributed by atoms with Gasteiger partial charge in [0.15, 0.2) is 0 Å². The fourth-order valence-corrected chi connectivity index (χ4v) is 2.20. The fourth-order valence-electron chi connectivity index (χ4n) is 2.20. The van der Waals surface area contributed by atoms with Gasteiger partial charge in [-0.3, -0.25) is 4.90 Å². The van der Waals surface area contributed by atoms with E-state index >= 15 is 0 Å². The highest BCUT2D eigenvalue weighted by atomic mass is 15.1. The lowest BCUT2D eigenvalue weighted by atomic mass is 9.99. The maximum absolute atomic E-state index is 3.60. The zero-order valence-electron chi connectivity index (χ0n) is 14.3. The van der Waals surface area contributed by atoms with Gasteiger partial charge in [-0.25, -0.2) is 0 Å². The van der Waals surface area contributed by atoms with Gasteiger partial charge in [-0.1, -0.05) is 36.8 Å². The molecular formula is C18H32N2. The molecule has 114 valence electrons. The van der Waals surface area contributed by atoms with Crippen LogP contribution in [-0.2, 0) is 6.54 Å². The van der Waals surface area contributed by atoms with Gasteiger partial charge >= 0.3 is 0 Å². The Hall–Kier alpha value is -0.860. The summed E-state index contributed by atoms with van der Waals surface area (Å²) in [6.45, 7) is 15.5. The largest absolute Gasteiger partial charge is 0.312 e. The molecule has 0 aromatic heterocycles. The lowest BCUT2D eigenvalue weighted by Crippen LogP contribution is -2.44. The zero-order valence-corrected chi connectivity index (χ0v) is 14.3. The molecule has 0 saturated carbocycles. The molecule has 0 saturated heterocycles. The van der Waals surface area contributed by atoms with Gasteiger partial charge in [0.1, 0.15) is 0 Å². The Morgan fingerprint density at radius 2 is 1.65 bits per heavy atom. The van der Waals surface area contributed by atoms with E-state index in [1.807, 2.05) is 0 Å². The first-order valence-corrected chi connectivity index (χ1v) is 7.70. The lowest BCUT2D eigenvalue weighted by Gasteiger charge is -2.32. The summed E-state index contributed by atoms with van der Waals surface area (Å²) in [5, 5.41) is 3.60. The molecule has 0 bridgehead atoms. The Balaban J connectivity index is 2.49. The van der Waals surface area contributed by atoms with Crippen LogP contribution in [0.25, 0.3) is 0 Å². The zero-order chi connectivity index (χ0) is 15.3. The summed E-state index contributed by atoms with van der Waals surface area (Å²) in [5.74, 6) is 0.629. The summed E-state index contributed by atoms with van der Waals surface area (Å²) in [5.41, 5.74) is 2.91. The van der Waals surface area contributed by atoms with E-state index in [1.165, 1.54) is 11.1 Å². The van der Waals surface area contributed by atoms with E-state index < -0.39 is 0 Å². The van der Waals surface area contributed by atoms with E-state index in [-0.39, 0.29) is 5.54 Å². The number of rotatable bonds is 6. The van der Waals surface area contributed by atoms with Crippen LogP contribution in [-0.4, -0.2) is 30.1 Å². The van der Waals surface area contributed by atoms with Crippen LogP contribution in [0, 0.1) is 12.8 Å². The summed E-state index contributed by atoms with van der Waals surface area (Å²) in [6.07, 6.45) is 0. The molecule has 2 atom stereocenters. The monoisotopic (exact) mass is 276 g/mol. The van der Waals surface area contributed by atoms with Crippen LogP contribution in [0.2, 0.25) is 0 Å². The number of hydrogen-bond acceptors (Lipinski definition) is 2. The second-order valence-electron chi connectivity index (χ2n) is 7.25. The van der Waals surface area contributed by atoms with E-state index in [2.05, 4.69) is 83.1 Å². The Morgan fingerprint density at radius 1 is 1.10 bits per heavy atom. The molecule has 0 aliphatic carbocycles. The summed E-state index contributed by atoms with van der Waals surface area (Å²) in [4.78, 5) is 2.44. The second-order valence-corrected chi connectivity index (χ2v) is 7.25. The van der Waals surface area contributed by atoms with Crippen molar-refractivity contribution >= 4 is 0 Å². The third kappa shape index (κ3) is 6.06. The van der Waals surface area contributed by atoms with E-state index in [0.29, 0.717) is 12.0 Å². The average molecular weight is 276 g/mol. The van der Waals surface area contributed by atoms with Crippen LogP contribution in [0.3, 0.4) is 0 Å². The quantitative estimate of drug-likeness (QED) is 0.849. The predicted molar refractivity (Wildman–Crippen MR) is 89.0 cm³/mol. The van der Waals surface area contributed by atoms with E-state index in [1.54, 1.807) is 0 Å². The molecule has 0 aliphatic heterocycles. The van der Waals surface area contributed by atoms with E-state index in [0.717, 1.165) is 13.1 Å². The third-order valence-electron chi connectivity index (χ3n) is 4.03. The van der Waals surface area contributed by atoms with Crippen LogP contribution in [0.5, 0.6) is 0 Å². The van der Waals surface area contributed by atoms with Crippen molar-refractivity contribution in [3.05, 3.63) is 35.4 Å². The van der Waals surface area contributed by atoms with Gasteiger partial charge < -0.3 is 5.32 Å². The number of nitrogens with zero attached hydrogens (tertiary/aromatic N) is 1. The molecule has 1 rings (SSSR count). The standard InChI is InChI=1S/C18H32N2/c1-14-8-10-17(11-9-14)13-20(7)16(3)15(2)12-19-18(4,5)6/h8-11,15-16,19H,12-13H2,1-7H3. The van der Waals surface area contributed by atoms with Crippen LogP contribution >= 0.6 is 0 Å². The molecule has 0 amide bonds. The Labute approximate surface area is 125 Å². The van der Waals surface area contributed by atoms with Gasteiger partial charge in [0.05, 0.1) is 0 Å². The Bertz CT molecular complexity index is 389. The highest BCUT2D eigenvalue weighted by Gasteiger charge is 2.19. The molecule has 0 heterocycles. The SMILES string of the molecule is Cc1ccc(CN(C)C(C)C(C)CNC(C)(C)C)cc1. The van der Waals surface area contributed by atoms with Crippen molar-refractivity contribution in [3.8, 4) is 0 Å². The van der Waals surface area contributed by atoms with Gasteiger partial charge in [0, 0.05) is 18.1 Å². The van der Waals surface area contributed by atoms with E-state index in [4.69, 9.17) is 0 Å². The van der Waals surface area contributed by atoms with Crippen LogP contribution in [0.4, 0.5) is 0 Å². The van der Waals surface area contributed by atoms with Gasteiger partial charge in [0.25, 0.3) is 0 Å². The van der Waals surface area contributed by atoms with Crippen molar-refractivity contribution in [2.45, 2.75) is 59.7 Å². The number of nitrogens with one attached hydrogen (secondary N) is 1. The smallest absolute Gasteiger partial charge is 0.0233 e. The average Bonchev–Trinajstić information content (AvgIpc) is 2.36. The van der Waals surface area contributed by atoms with Crippen molar-refractivity contribution in [1.82, 2.24) is 10.2 Å². The molecule has 1 aromatic rings.